The number of rotatable bonds is 3. The van der Waals surface area contributed by atoms with Gasteiger partial charge in [0.15, 0.2) is 0 Å². The molecule has 0 saturated heterocycles. The number of hydrogen-bond donors (Lipinski definition) is 1. The molecule has 7 heteroatoms. The number of benzene rings is 1. The van der Waals surface area contributed by atoms with E-state index < -0.39 is 34.8 Å². The van der Waals surface area contributed by atoms with Gasteiger partial charge in [0.05, 0.1) is 16.9 Å². The predicted molar refractivity (Wildman–Crippen MR) is 65.7 cm³/mol. The number of carbonyl (C=O) groups is 1. The molecule has 1 aromatic rings. The Morgan fingerprint density at radius 2 is 1.85 bits per heavy atom. The first-order valence-corrected chi connectivity index (χ1v) is 5.79. The van der Waals surface area contributed by atoms with Crippen molar-refractivity contribution < 1.29 is 27.1 Å². The molecule has 1 N–H and O–H groups in total. The van der Waals surface area contributed by atoms with Crippen LogP contribution < -0.4 is 5.32 Å². The van der Waals surface area contributed by atoms with Crippen molar-refractivity contribution in [1.29, 1.82) is 0 Å². The largest absolute Gasteiger partial charge is 0.416 e. The molecular weight excluding hydrogens is 278 g/mol. The molecule has 0 aliphatic rings. The van der Waals surface area contributed by atoms with Crippen LogP contribution in [-0.2, 0) is 15.7 Å². The highest BCUT2D eigenvalue weighted by molar-refractivity contribution is 5.91. The van der Waals surface area contributed by atoms with Gasteiger partial charge < -0.3 is 10.1 Å². The first-order valence-electron chi connectivity index (χ1n) is 5.79. The molecule has 0 aliphatic carbocycles. The molecule has 0 bridgehead atoms. The maximum Gasteiger partial charge on any atom is 0.416 e. The van der Waals surface area contributed by atoms with Crippen molar-refractivity contribution in [3.05, 3.63) is 29.6 Å². The smallest absolute Gasteiger partial charge is 0.366 e. The Morgan fingerprint density at radius 1 is 1.25 bits per heavy atom. The van der Waals surface area contributed by atoms with Crippen LogP contribution in [0.5, 0.6) is 0 Å². The molecule has 20 heavy (non-hydrogen) atoms. The van der Waals surface area contributed by atoms with Crippen molar-refractivity contribution in [2.45, 2.75) is 32.5 Å². The van der Waals surface area contributed by atoms with E-state index in [1.54, 1.807) is 20.8 Å². The van der Waals surface area contributed by atoms with Gasteiger partial charge in [-0.2, -0.15) is 13.2 Å². The van der Waals surface area contributed by atoms with Crippen LogP contribution in [0.4, 0.5) is 23.2 Å². The first kappa shape index (κ1) is 16.4. The number of carbonyl (C=O) groups excluding carboxylic acids is 1. The summed E-state index contributed by atoms with van der Waals surface area (Å²) in [7, 11) is 0. The lowest BCUT2D eigenvalue weighted by molar-refractivity contribution is -0.137. The van der Waals surface area contributed by atoms with Gasteiger partial charge in [-0.1, -0.05) is 0 Å². The average Bonchev–Trinajstić information content (AvgIpc) is 2.27. The molecule has 0 radical (unpaired) electrons. The van der Waals surface area contributed by atoms with Gasteiger partial charge >= 0.3 is 6.18 Å². The third-order valence-electron chi connectivity index (χ3n) is 2.20. The summed E-state index contributed by atoms with van der Waals surface area (Å²) in [6.07, 6.45) is -4.60. The van der Waals surface area contributed by atoms with E-state index in [9.17, 15) is 22.4 Å². The number of ether oxygens (including phenoxy) is 1. The molecule has 1 rings (SSSR count). The molecule has 0 unspecified atom stereocenters. The summed E-state index contributed by atoms with van der Waals surface area (Å²) in [5.41, 5.74) is -2.14. The Labute approximate surface area is 113 Å². The number of nitrogens with one attached hydrogen (secondary N) is 1. The molecule has 112 valence electrons. The summed E-state index contributed by atoms with van der Waals surface area (Å²) in [5.74, 6) is -1.67. The quantitative estimate of drug-likeness (QED) is 0.865. The molecule has 1 aromatic carbocycles. The Balaban J connectivity index is 2.79. The number of amides is 1. The molecule has 0 spiro atoms. The zero-order valence-corrected chi connectivity index (χ0v) is 11.3. The van der Waals surface area contributed by atoms with Gasteiger partial charge in [0.25, 0.3) is 0 Å². The van der Waals surface area contributed by atoms with Crippen LogP contribution in [-0.4, -0.2) is 18.1 Å². The van der Waals surface area contributed by atoms with E-state index >= 15 is 0 Å². The molecule has 0 fully saturated rings. The highest BCUT2D eigenvalue weighted by Crippen LogP contribution is 2.31. The lowest BCUT2D eigenvalue weighted by atomic mass is 10.2. The number of alkyl halides is 3. The summed E-state index contributed by atoms with van der Waals surface area (Å²) in [6, 6.07) is 1.81. The van der Waals surface area contributed by atoms with E-state index in [0.717, 1.165) is 0 Å². The second-order valence-electron chi connectivity index (χ2n) is 5.14. The maximum absolute atomic E-state index is 13.4. The van der Waals surface area contributed by atoms with Crippen molar-refractivity contribution in [3.8, 4) is 0 Å². The highest BCUT2D eigenvalue weighted by atomic mass is 19.4. The second-order valence-corrected chi connectivity index (χ2v) is 5.14. The Kier molecular flexibility index (Phi) is 4.75. The van der Waals surface area contributed by atoms with E-state index in [0.29, 0.717) is 18.2 Å². The van der Waals surface area contributed by atoms with Crippen LogP contribution in [0.3, 0.4) is 0 Å². The predicted octanol–water partition coefficient (Wildman–Crippen LogP) is 3.60. The van der Waals surface area contributed by atoms with Crippen LogP contribution in [0.1, 0.15) is 26.3 Å². The summed E-state index contributed by atoms with van der Waals surface area (Å²) in [5, 5.41) is 2.06. The van der Waals surface area contributed by atoms with Gasteiger partial charge in [-0.25, -0.2) is 4.39 Å². The normalized spacial score (nSPS) is 12.3. The van der Waals surface area contributed by atoms with E-state index in [4.69, 9.17) is 4.74 Å². The number of anilines is 1. The molecule has 1 amide bonds. The van der Waals surface area contributed by atoms with E-state index in [1.807, 2.05) is 0 Å². The monoisotopic (exact) mass is 293 g/mol. The van der Waals surface area contributed by atoms with E-state index in [2.05, 4.69) is 5.32 Å². The van der Waals surface area contributed by atoms with Gasteiger partial charge in [-0.05, 0) is 39.0 Å². The molecule has 0 saturated carbocycles. The van der Waals surface area contributed by atoms with Crippen molar-refractivity contribution in [1.82, 2.24) is 0 Å². The molecule has 0 heterocycles. The minimum atomic E-state index is -4.60. The highest BCUT2D eigenvalue weighted by Gasteiger charge is 2.31. The van der Waals surface area contributed by atoms with Crippen LogP contribution in [0.15, 0.2) is 18.2 Å². The van der Waals surface area contributed by atoms with Gasteiger partial charge in [-0.15, -0.1) is 0 Å². The van der Waals surface area contributed by atoms with Gasteiger partial charge in [-0.3, -0.25) is 4.79 Å². The molecule has 0 atom stereocenters. The van der Waals surface area contributed by atoms with Crippen LogP contribution >= 0.6 is 0 Å². The SMILES string of the molecule is CC(C)(C)OCC(=O)Nc1cc(C(F)(F)F)ccc1F. The second kappa shape index (κ2) is 5.78. The molecule has 3 nitrogen and oxygen atoms in total. The van der Waals surface area contributed by atoms with Crippen molar-refractivity contribution in [2.24, 2.45) is 0 Å². The molecule has 0 aromatic heterocycles. The standard InChI is InChI=1S/C13H15F4NO2/c1-12(2,3)20-7-11(19)18-10-6-8(13(15,16)17)4-5-9(10)14/h4-6H,7H2,1-3H3,(H,18,19). The Bertz CT molecular complexity index is 492. The fourth-order valence-electron chi connectivity index (χ4n) is 1.27. The van der Waals surface area contributed by atoms with Crippen molar-refractivity contribution in [2.75, 3.05) is 11.9 Å². The Hall–Kier alpha value is -1.63. The topological polar surface area (TPSA) is 38.3 Å². The fraction of sp³-hybridized carbons (Fsp3) is 0.462. The number of hydrogen-bond acceptors (Lipinski definition) is 2. The van der Waals surface area contributed by atoms with Gasteiger partial charge in [0.1, 0.15) is 12.4 Å². The van der Waals surface area contributed by atoms with E-state index in [1.165, 1.54) is 0 Å². The summed E-state index contributed by atoms with van der Waals surface area (Å²) in [6.45, 7) is 4.76. The lowest BCUT2D eigenvalue weighted by Gasteiger charge is -2.19. The van der Waals surface area contributed by atoms with E-state index in [-0.39, 0.29) is 6.61 Å². The lowest BCUT2D eigenvalue weighted by Crippen LogP contribution is -2.27. The molecular formula is C13H15F4NO2. The van der Waals surface area contributed by atoms with Crippen LogP contribution in [0.25, 0.3) is 0 Å². The summed E-state index contributed by atoms with van der Waals surface area (Å²) < 4.78 is 56.0. The number of halogens is 4. The van der Waals surface area contributed by atoms with Crippen LogP contribution in [0, 0.1) is 5.82 Å². The molecule has 0 aliphatic heterocycles. The average molecular weight is 293 g/mol. The van der Waals surface area contributed by atoms with Gasteiger partial charge in [0.2, 0.25) is 5.91 Å². The third-order valence-corrected chi connectivity index (χ3v) is 2.20. The maximum atomic E-state index is 13.4. The van der Waals surface area contributed by atoms with Crippen LogP contribution in [0.2, 0.25) is 0 Å². The Morgan fingerprint density at radius 3 is 2.35 bits per heavy atom. The summed E-state index contributed by atoms with van der Waals surface area (Å²) >= 11 is 0. The fourth-order valence-corrected chi connectivity index (χ4v) is 1.27. The third kappa shape index (κ3) is 5.16. The zero-order valence-electron chi connectivity index (χ0n) is 11.3. The minimum absolute atomic E-state index is 0.376. The van der Waals surface area contributed by atoms with Crippen molar-refractivity contribution in [3.63, 3.8) is 0 Å². The minimum Gasteiger partial charge on any atom is -0.366 e. The van der Waals surface area contributed by atoms with Crippen molar-refractivity contribution >= 4 is 11.6 Å². The van der Waals surface area contributed by atoms with Gasteiger partial charge in [0, 0.05) is 0 Å². The summed E-state index contributed by atoms with van der Waals surface area (Å²) in [4.78, 5) is 11.5. The first-order chi connectivity index (χ1) is 8.99. The zero-order chi connectivity index (χ0) is 15.6.